The summed E-state index contributed by atoms with van der Waals surface area (Å²) in [4.78, 5) is 44.0. The lowest BCUT2D eigenvalue weighted by Gasteiger charge is -2.04. The number of ether oxygens (including phenoxy) is 2. The van der Waals surface area contributed by atoms with Gasteiger partial charge in [-0.15, -0.1) is 11.3 Å². The van der Waals surface area contributed by atoms with E-state index in [2.05, 4.69) is 15.3 Å². The standard InChI is InChI=1S/C22H23N3O5S/c1-4-29-21(28)18-13(2)19(24-14(18)3)17(26)11-30-20(27)16-12-31-22(25-16)23-10-15-8-6-5-7-9-15/h5-9,12,24H,4,10-11H2,1-3H3,(H,23,25). The van der Waals surface area contributed by atoms with Gasteiger partial charge in [-0.2, -0.15) is 0 Å². The minimum Gasteiger partial charge on any atom is -0.462 e. The summed E-state index contributed by atoms with van der Waals surface area (Å²) in [5, 5.41) is 5.30. The number of rotatable bonds is 9. The van der Waals surface area contributed by atoms with Crippen molar-refractivity contribution >= 4 is 34.2 Å². The van der Waals surface area contributed by atoms with E-state index in [4.69, 9.17) is 9.47 Å². The first-order valence-corrected chi connectivity index (χ1v) is 10.6. The van der Waals surface area contributed by atoms with Crippen molar-refractivity contribution in [1.29, 1.82) is 0 Å². The topological polar surface area (TPSA) is 110 Å². The fourth-order valence-electron chi connectivity index (χ4n) is 3.04. The van der Waals surface area contributed by atoms with Crippen LogP contribution in [0.25, 0.3) is 0 Å². The number of Topliss-reactive ketones (excluding diaryl/α,β-unsaturated/α-hetero) is 1. The highest BCUT2D eigenvalue weighted by Gasteiger charge is 2.24. The molecule has 0 saturated heterocycles. The van der Waals surface area contributed by atoms with Gasteiger partial charge >= 0.3 is 11.9 Å². The van der Waals surface area contributed by atoms with Crippen molar-refractivity contribution in [2.75, 3.05) is 18.5 Å². The molecule has 0 saturated carbocycles. The van der Waals surface area contributed by atoms with Gasteiger partial charge in [-0.05, 0) is 31.9 Å². The third-order valence-electron chi connectivity index (χ3n) is 4.53. The number of nitrogens with one attached hydrogen (secondary N) is 2. The Labute approximate surface area is 183 Å². The Morgan fingerprint density at radius 2 is 1.84 bits per heavy atom. The van der Waals surface area contributed by atoms with Gasteiger partial charge in [-0.1, -0.05) is 30.3 Å². The summed E-state index contributed by atoms with van der Waals surface area (Å²) < 4.78 is 10.1. The van der Waals surface area contributed by atoms with E-state index in [1.807, 2.05) is 30.3 Å². The SMILES string of the molecule is CCOC(=O)c1c(C)[nH]c(C(=O)COC(=O)c2csc(NCc3ccccc3)n2)c1C. The molecule has 0 unspecified atom stereocenters. The van der Waals surface area contributed by atoms with Crippen molar-refractivity contribution in [1.82, 2.24) is 9.97 Å². The molecule has 31 heavy (non-hydrogen) atoms. The highest BCUT2D eigenvalue weighted by molar-refractivity contribution is 7.13. The summed E-state index contributed by atoms with van der Waals surface area (Å²) in [5.41, 5.74) is 2.76. The van der Waals surface area contributed by atoms with E-state index in [0.29, 0.717) is 28.5 Å². The minimum atomic E-state index is -0.691. The highest BCUT2D eigenvalue weighted by Crippen LogP contribution is 2.20. The number of aromatic nitrogens is 2. The van der Waals surface area contributed by atoms with Crippen LogP contribution in [0.1, 0.15) is 55.1 Å². The number of hydrogen-bond acceptors (Lipinski definition) is 8. The number of ketones is 1. The second kappa shape index (κ2) is 10.0. The Bertz CT molecular complexity index is 1090. The number of hydrogen-bond donors (Lipinski definition) is 2. The molecule has 2 N–H and O–H groups in total. The van der Waals surface area contributed by atoms with E-state index in [-0.39, 0.29) is 18.0 Å². The van der Waals surface area contributed by atoms with Crippen LogP contribution in [0.15, 0.2) is 35.7 Å². The minimum absolute atomic E-state index is 0.125. The van der Waals surface area contributed by atoms with Crippen LogP contribution in [0, 0.1) is 13.8 Å². The predicted octanol–water partition coefficient (Wildman–Crippen LogP) is 3.92. The van der Waals surface area contributed by atoms with Crippen molar-refractivity contribution in [2.24, 2.45) is 0 Å². The number of nitrogens with zero attached hydrogens (tertiary/aromatic N) is 1. The van der Waals surface area contributed by atoms with Crippen LogP contribution in [0.2, 0.25) is 0 Å². The number of anilines is 1. The van der Waals surface area contributed by atoms with Crippen LogP contribution in [-0.2, 0) is 16.0 Å². The first-order chi connectivity index (χ1) is 14.9. The molecule has 3 rings (SSSR count). The number of thiazole rings is 1. The van der Waals surface area contributed by atoms with Gasteiger partial charge in [0.1, 0.15) is 0 Å². The summed E-state index contributed by atoms with van der Waals surface area (Å²) in [5.74, 6) is -1.63. The van der Waals surface area contributed by atoms with Gasteiger partial charge in [-0.3, -0.25) is 4.79 Å². The zero-order chi connectivity index (χ0) is 22.4. The van der Waals surface area contributed by atoms with E-state index in [1.54, 1.807) is 26.2 Å². The lowest BCUT2D eigenvalue weighted by molar-refractivity contribution is 0.0467. The molecule has 0 aliphatic rings. The zero-order valence-electron chi connectivity index (χ0n) is 17.5. The molecular formula is C22H23N3O5S. The Morgan fingerprint density at radius 3 is 2.55 bits per heavy atom. The number of carbonyl (C=O) groups is 3. The number of H-pyrrole nitrogens is 1. The maximum atomic E-state index is 12.5. The normalized spacial score (nSPS) is 10.5. The molecule has 0 radical (unpaired) electrons. The summed E-state index contributed by atoms with van der Waals surface area (Å²) in [6.45, 7) is 5.39. The summed E-state index contributed by atoms with van der Waals surface area (Å²) in [6.07, 6.45) is 0. The Kier molecular flexibility index (Phi) is 7.19. The van der Waals surface area contributed by atoms with Crippen molar-refractivity contribution in [2.45, 2.75) is 27.3 Å². The molecule has 0 bridgehead atoms. The van der Waals surface area contributed by atoms with Crippen molar-refractivity contribution in [3.05, 3.63) is 69.5 Å². The number of aryl methyl sites for hydroxylation is 1. The molecule has 2 aromatic heterocycles. The van der Waals surface area contributed by atoms with Gasteiger partial charge in [0.2, 0.25) is 5.78 Å². The van der Waals surface area contributed by atoms with Crippen LogP contribution in [-0.4, -0.2) is 40.9 Å². The number of benzene rings is 1. The Hall–Kier alpha value is -3.46. The molecule has 162 valence electrons. The van der Waals surface area contributed by atoms with Gasteiger partial charge in [0, 0.05) is 17.6 Å². The molecule has 9 heteroatoms. The molecular weight excluding hydrogens is 418 g/mol. The van der Waals surface area contributed by atoms with Gasteiger partial charge in [0.25, 0.3) is 0 Å². The monoisotopic (exact) mass is 441 g/mol. The molecule has 0 aliphatic carbocycles. The molecule has 2 heterocycles. The second-order valence-corrected chi connectivity index (χ2v) is 7.58. The van der Waals surface area contributed by atoms with E-state index in [9.17, 15) is 14.4 Å². The van der Waals surface area contributed by atoms with Gasteiger partial charge in [-0.25, -0.2) is 14.6 Å². The van der Waals surface area contributed by atoms with Crippen LogP contribution < -0.4 is 5.32 Å². The van der Waals surface area contributed by atoms with E-state index in [0.717, 1.165) is 5.56 Å². The quantitative estimate of drug-likeness (QED) is 0.382. The van der Waals surface area contributed by atoms with Crippen molar-refractivity contribution in [3.8, 4) is 0 Å². The predicted molar refractivity (Wildman–Crippen MR) is 117 cm³/mol. The maximum Gasteiger partial charge on any atom is 0.358 e. The molecule has 0 atom stereocenters. The van der Waals surface area contributed by atoms with Crippen LogP contribution >= 0.6 is 11.3 Å². The molecule has 1 aromatic carbocycles. The summed E-state index contributed by atoms with van der Waals surface area (Å²) in [6, 6.07) is 9.80. The van der Waals surface area contributed by atoms with Crippen molar-refractivity contribution < 1.29 is 23.9 Å². The Balaban J connectivity index is 1.57. The van der Waals surface area contributed by atoms with E-state index >= 15 is 0 Å². The largest absolute Gasteiger partial charge is 0.462 e. The maximum absolute atomic E-state index is 12.5. The fraction of sp³-hybridized carbons (Fsp3) is 0.273. The average Bonchev–Trinajstić information content (AvgIpc) is 3.35. The lowest BCUT2D eigenvalue weighted by atomic mass is 10.1. The molecule has 0 aliphatic heterocycles. The summed E-state index contributed by atoms with van der Waals surface area (Å²) in [7, 11) is 0. The number of carbonyl (C=O) groups excluding carboxylic acids is 3. The molecule has 0 amide bonds. The number of aromatic amines is 1. The highest BCUT2D eigenvalue weighted by atomic mass is 32.1. The number of esters is 2. The van der Waals surface area contributed by atoms with Crippen LogP contribution in [0.5, 0.6) is 0 Å². The van der Waals surface area contributed by atoms with E-state index < -0.39 is 24.3 Å². The first kappa shape index (κ1) is 22.2. The molecule has 8 nitrogen and oxygen atoms in total. The molecule has 3 aromatic rings. The third-order valence-corrected chi connectivity index (χ3v) is 5.33. The molecule has 0 spiro atoms. The van der Waals surface area contributed by atoms with Gasteiger partial charge in [0.05, 0.1) is 17.9 Å². The summed E-state index contributed by atoms with van der Waals surface area (Å²) >= 11 is 1.28. The van der Waals surface area contributed by atoms with Gasteiger partial charge in [0.15, 0.2) is 17.4 Å². The fourth-order valence-corrected chi connectivity index (χ4v) is 3.72. The van der Waals surface area contributed by atoms with Crippen LogP contribution in [0.4, 0.5) is 5.13 Å². The smallest absolute Gasteiger partial charge is 0.358 e. The first-order valence-electron chi connectivity index (χ1n) is 9.70. The second-order valence-electron chi connectivity index (χ2n) is 6.72. The van der Waals surface area contributed by atoms with Crippen molar-refractivity contribution in [3.63, 3.8) is 0 Å². The third kappa shape index (κ3) is 5.37. The van der Waals surface area contributed by atoms with Crippen LogP contribution in [0.3, 0.4) is 0 Å². The average molecular weight is 442 g/mol. The Morgan fingerprint density at radius 1 is 1.10 bits per heavy atom. The zero-order valence-corrected chi connectivity index (χ0v) is 18.3. The molecule has 0 fully saturated rings. The van der Waals surface area contributed by atoms with E-state index in [1.165, 1.54) is 11.3 Å². The van der Waals surface area contributed by atoms with Gasteiger partial charge < -0.3 is 19.8 Å². The lowest BCUT2D eigenvalue weighted by Crippen LogP contribution is -2.16.